The van der Waals surface area contributed by atoms with E-state index in [1.165, 1.54) is 25.8 Å². The van der Waals surface area contributed by atoms with Gasteiger partial charge >= 0.3 is 0 Å². The maximum Gasteiger partial charge on any atom is 0.179 e. The second-order valence-corrected chi connectivity index (χ2v) is 5.88. The number of likely N-dealkylation sites (tertiary alicyclic amines) is 1. The largest absolute Gasteiger partial charge is 0.329 e. The Labute approximate surface area is 118 Å². The molecule has 1 aliphatic rings. The summed E-state index contributed by atoms with van der Waals surface area (Å²) in [4.78, 5) is 10.3. The molecule has 2 aromatic rings. The lowest BCUT2D eigenvalue weighted by molar-refractivity contribution is 0.168. The molecule has 1 unspecified atom stereocenters. The normalized spacial score (nSPS) is 21.1. The lowest BCUT2D eigenvalue weighted by atomic mass is 10.0. The predicted molar refractivity (Wildman–Crippen MR) is 79.9 cm³/mol. The number of hydrogen-bond donors (Lipinski definition) is 1. The Kier molecular flexibility index (Phi) is 3.41. The first-order valence-corrected chi connectivity index (χ1v) is 7.32. The summed E-state index contributed by atoms with van der Waals surface area (Å²) in [5, 5.41) is 0. The van der Waals surface area contributed by atoms with Crippen LogP contribution < -0.4 is 0 Å². The van der Waals surface area contributed by atoms with Crippen molar-refractivity contribution in [2.75, 3.05) is 13.6 Å². The van der Waals surface area contributed by atoms with Gasteiger partial charge in [-0.3, -0.25) is 4.57 Å². The second kappa shape index (κ2) is 5.06. The topological polar surface area (TPSA) is 36.9 Å². The van der Waals surface area contributed by atoms with E-state index in [-0.39, 0.29) is 0 Å². The Morgan fingerprint density at radius 1 is 1.42 bits per heavy atom. The van der Waals surface area contributed by atoms with Crippen LogP contribution in [0.3, 0.4) is 0 Å². The van der Waals surface area contributed by atoms with Gasteiger partial charge in [-0.1, -0.05) is 6.42 Å². The van der Waals surface area contributed by atoms with Crippen molar-refractivity contribution in [2.45, 2.75) is 38.8 Å². The van der Waals surface area contributed by atoms with Gasteiger partial charge < -0.3 is 9.88 Å². The van der Waals surface area contributed by atoms with E-state index in [0.717, 1.165) is 28.2 Å². The lowest BCUT2D eigenvalue weighted by Crippen LogP contribution is -2.39. The van der Waals surface area contributed by atoms with Gasteiger partial charge in [0.1, 0.15) is 0 Å². The van der Waals surface area contributed by atoms with Crippen molar-refractivity contribution in [3.8, 4) is 0 Å². The van der Waals surface area contributed by atoms with E-state index in [1.54, 1.807) is 0 Å². The molecule has 0 amide bonds. The number of fused-ring (bicyclic) bond motifs is 1. The van der Waals surface area contributed by atoms with Crippen LogP contribution in [-0.2, 0) is 6.54 Å². The van der Waals surface area contributed by atoms with Crippen molar-refractivity contribution in [3.05, 3.63) is 22.6 Å². The summed E-state index contributed by atoms with van der Waals surface area (Å²) in [6.45, 7) is 4.14. The molecule has 0 radical (unpaired) electrons. The minimum absolute atomic E-state index is 0.571. The fourth-order valence-electron chi connectivity index (χ4n) is 2.88. The zero-order chi connectivity index (χ0) is 13.4. The first-order valence-electron chi connectivity index (χ1n) is 6.91. The molecule has 0 aliphatic carbocycles. The van der Waals surface area contributed by atoms with Crippen LogP contribution in [0.4, 0.5) is 0 Å². The third kappa shape index (κ3) is 2.44. The SMILES string of the molecule is Cc1ccc2[nH]c(=S)n(CC3CCCCN3C)c2n1. The summed E-state index contributed by atoms with van der Waals surface area (Å²) in [5.74, 6) is 0. The molecule has 102 valence electrons. The fourth-order valence-corrected chi connectivity index (χ4v) is 3.15. The molecule has 1 N–H and O–H groups in total. The molecular weight excluding hydrogens is 256 g/mol. The third-order valence-corrected chi connectivity index (χ3v) is 4.39. The van der Waals surface area contributed by atoms with E-state index < -0.39 is 0 Å². The highest BCUT2D eigenvalue weighted by Gasteiger charge is 2.20. The molecule has 1 aliphatic heterocycles. The average molecular weight is 276 g/mol. The number of H-pyrrole nitrogens is 1. The van der Waals surface area contributed by atoms with Crippen molar-refractivity contribution >= 4 is 23.4 Å². The number of imidazole rings is 1. The number of rotatable bonds is 2. The molecule has 2 aromatic heterocycles. The molecule has 0 bridgehead atoms. The average Bonchev–Trinajstić information content (AvgIpc) is 2.69. The molecule has 0 aromatic carbocycles. The number of aryl methyl sites for hydroxylation is 1. The first-order chi connectivity index (χ1) is 9.15. The van der Waals surface area contributed by atoms with Crippen molar-refractivity contribution in [1.82, 2.24) is 19.4 Å². The number of nitrogens with one attached hydrogen (secondary N) is 1. The summed E-state index contributed by atoms with van der Waals surface area (Å²) < 4.78 is 2.94. The van der Waals surface area contributed by atoms with Gasteiger partial charge in [0.05, 0.1) is 5.52 Å². The zero-order valence-corrected chi connectivity index (χ0v) is 12.3. The summed E-state index contributed by atoms with van der Waals surface area (Å²) in [7, 11) is 2.21. The number of hydrogen-bond acceptors (Lipinski definition) is 3. The summed E-state index contributed by atoms with van der Waals surface area (Å²) in [6, 6.07) is 4.65. The number of pyridine rings is 1. The van der Waals surface area contributed by atoms with Crippen LogP contribution in [0.15, 0.2) is 12.1 Å². The number of piperidine rings is 1. The Hall–Kier alpha value is -1.20. The summed E-state index contributed by atoms with van der Waals surface area (Å²) >= 11 is 5.45. The third-order valence-electron chi connectivity index (χ3n) is 4.07. The van der Waals surface area contributed by atoms with Crippen LogP contribution in [-0.4, -0.2) is 39.1 Å². The number of likely N-dealkylation sites (N-methyl/N-ethyl adjacent to an activating group) is 1. The van der Waals surface area contributed by atoms with E-state index in [4.69, 9.17) is 12.2 Å². The predicted octanol–water partition coefficient (Wildman–Crippen LogP) is 2.89. The van der Waals surface area contributed by atoms with Crippen LogP contribution in [0, 0.1) is 11.7 Å². The lowest BCUT2D eigenvalue weighted by Gasteiger charge is -2.32. The highest BCUT2D eigenvalue weighted by atomic mass is 32.1. The molecule has 1 atom stereocenters. The van der Waals surface area contributed by atoms with E-state index in [1.807, 2.05) is 13.0 Å². The van der Waals surface area contributed by atoms with Crippen LogP contribution in [0.2, 0.25) is 0 Å². The Balaban J connectivity index is 1.97. The maximum absolute atomic E-state index is 5.45. The van der Waals surface area contributed by atoms with Crippen LogP contribution in [0.5, 0.6) is 0 Å². The molecule has 0 saturated carbocycles. The van der Waals surface area contributed by atoms with Crippen molar-refractivity contribution in [2.24, 2.45) is 0 Å². The summed E-state index contributed by atoms with van der Waals surface area (Å²) in [6.07, 6.45) is 3.87. The maximum atomic E-state index is 5.45. The molecule has 3 rings (SSSR count). The van der Waals surface area contributed by atoms with Gasteiger partial charge in [0.2, 0.25) is 0 Å². The van der Waals surface area contributed by atoms with E-state index in [0.29, 0.717) is 6.04 Å². The van der Waals surface area contributed by atoms with Crippen LogP contribution in [0.1, 0.15) is 25.0 Å². The van der Waals surface area contributed by atoms with Gasteiger partial charge in [-0.05, 0) is 57.7 Å². The Morgan fingerprint density at radius 2 is 2.26 bits per heavy atom. The smallest absolute Gasteiger partial charge is 0.179 e. The molecule has 1 fully saturated rings. The van der Waals surface area contributed by atoms with Crippen molar-refractivity contribution < 1.29 is 0 Å². The van der Waals surface area contributed by atoms with Crippen LogP contribution >= 0.6 is 12.2 Å². The minimum atomic E-state index is 0.571. The molecule has 4 nitrogen and oxygen atoms in total. The summed E-state index contributed by atoms with van der Waals surface area (Å²) in [5.41, 5.74) is 3.06. The molecule has 3 heterocycles. The van der Waals surface area contributed by atoms with Gasteiger partial charge in [-0.15, -0.1) is 0 Å². The van der Waals surface area contributed by atoms with Gasteiger partial charge in [-0.2, -0.15) is 0 Å². The van der Waals surface area contributed by atoms with Gasteiger partial charge in [-0.25, -0.2) is 4.98 Å². The molecule has 5 heteroatoms. The first kappa shape index (κ1) is 12.8. The van der Waals surface area contributed by atoms with Gasteiger partial charge in [0, 0.05) is 18.3 Å². The Morgan fingerprint density at radius 3 is 3.05 bits per heavy atom. The highest BCUT2D eigenvalue weighted by molar-refractivity contribution is 7.71. The standard InChI is InChI=1S/C14H20N4S/c1-10-6-7-12-13(15-10)18(14(19)16-12)9-11-5-3-4-8-17(11)2/h6-7,11H,3-5,8-9H2,1-2H3,(H,16,19). The monoisotopic (exact) mass is 276 g/mol. The minimum Gasteiger partial charge on any atom is -0.329 e. The molecule has 1 saturated heterocycles. The van der Waals surface area contributed by atoms with E-state index in [2.05, 4.69) is 32.5 Å². The molecule has 0 spiro atoms. The second-order valence-electron chi connectivity index (χ2n) is 5.49. The van der Waals surface area contributed by atoms with Crippen molar-refractivity contribution in [3.63, 3.8) is 0 Å². The molecule has 19 heavy (non-hydrogen) atoms. The molecular formula is C14H20N4S. The fraction of sp³-hybridized carbons (Fsp3) is 0.571. The van der Waals surface area contributed by atoms with Gasteiger partial charge in [0.25, 0.3) is 0 Å². The number of aromatic nitrogens is 3. The zero-order valence-electron chi connectivity index (χ0n) is 11.5. The highest BCUT2D eigenvalue weighted by Crippen LogP contribution is 2.19. The quantitative estimate of drug-likeness (QED) is 0.857. The number of aromatic amines is 1. The van der Waals surface area contributed by atoms with Crippen LogP contribution in [0.25, 0.3) is 11.2 Å². The Bertz CT molecular complexity index is 642. The van der Waals surface area contributed by atoms with Gasteiger partial charge in [0.15, 0.2) is 10.4 Å². The van der Waals surface area contributed by atoms with E-state index in [9.17, 15) is 0 Å². The number of nitrogens with zero attached hydrogens (tertiary/aromatic N) is 3. The van der Waals surface area contributed by atoms with E-state index >= 15 is 0 Å². The van der Waals surface area contributed by atoms with Crippen molar-refractivity contribution in [1.29, 1.82) is 0 Å².